The number of aryl methyl sites for hydroxylation is 1. The van der Waals surface area contributed by atoms with Gasteiger partial charge in [-0.15, -0.1) is 11.3 Å². The summed E-state index contributed by atoms with van der Waals surface area (Å²) in [6, 6.07) is 13.7. The second-order valence-corrected chi connectivity index (χ2v) is 6.39. The zero-order chi connectivity index (χ0) is 13.8. The van der Waals surface area contributed by atoms with Crippen LogP contribution in [0.1, 0.15) is 28.5 Å². The minimum absolute atomic E-state index is 0.413. The van der Waals surface area contributed by atoms with Crippen molar-refractivity contribution in [2.45, 2.75) is 19.4 Å². The maximum atomic E-state index is 3.51. The first-order chi connectivity index (χ1) is 9.86. The van der Waals surface area contributed by atoms with Gasteiger partial charge in [0, 0.05) is 24.5 Å². The van der Waals surface area contributed by atoms with Gasteiger partial charge in [-0.2, -0.15) is 0 Å². The molecular weight excluding hydrogens is 264 g/mol. The van der Waals surface area contributed by atoms with Crippen LogP contribution < -0.4 is 5.32 Å². The smallest absolute Gasteiger partial charge is 0.0699 e. The van der Waals surface area contributed by atoms with Crippen LogP contribution in [-0.2, 0) is 0 Å². The average Bonchev–Trinajstić information content (AvgIpc) is 2.85. The van der Waals surface area contributed by atoms with E-state index in [0.717, 1.165) is 19.6 Å². The van der Waals surface area contributed by atoms with Crippen LogP contribution in [0.25, 0.3) is 0 Å². The van der Waals surface area contributed by atoms with Crippen LogP contribution in [-0.4, -0.2) is 31.1 Å². The molecule has 0 amide bonds. The lowest BCUT2D eigenvalue weighted by Crippen LogP contribution is -2.33. The molecule has 2 heterocycles. The minimum atomic E-state index is 0.413. The molecule has 106 valence electrons. The van der Waals surface area contributed by atoms with Crippen LogP contribution >= 0.6 is 11.3 Å². The van der Waals surface area contributed by atoms with Crippen LogP contribution in [0.5, 0.6) is 0 Å². The molecule has 1 saturated heterocycles. The van der Waals surface area contributed by atoms with Gasteiger partial charge in [0.1, 0.15) is 0 Å². The van der Waals surface area contributed by atoms with E-state index >= 15 is 0 Å². The summed E-state index contributed by atoms with van der Waals surface area (Å²) in [4.78, 5) is 4.09. The molecule has 20 heavy (non-hydrogen) atoms. The van der Waals surface area contributed by atoms with Crippen molar-refractivity contribution in [2.75, 3.05) is 26.2 Å². The lowest BCUT2D eigenvalue weighted by Gasteiger charge is -2.31. The standard InChI is InChI=1S/C17H22N2S/c1-14-6-2-3-7-15(14)17(16-8-4-13-20-16)19-11-5-9-18-10-12-19/h2-4,6-8,13,17-18H,5,9-12H2,1H3. The number of hydrogen-bond donors (Lipinski definition) is 1. The van der Waals surface area contributed by atoms with Crippen molar-refractivity contribution >= 4 is 11.3 Å². The number of rotatable bonds is 3. The molecule has 1 N–H and O–H groups in total. The van der Waals surface area contributed by atoms with Crippen LogP contribution in [0.2, 0.25) is 0 Å². The Labute approximate surface area is 125 Å². The highest BCUT2D eigenvalue weighted by Crippen LogP contribution is 2.33. The molecule has 1 atom stereocenters. The molecule has 0 aliphatic carbocycles. The summed E-state index contributed by atoms with van der Waals surface area (Å²) < 4.78 is 0. The first-order valence-corrected chi connectivity index (χ1v) is 8.28. The van der Waals surface area contributed by atoms with Gasteiger partial charge < -0.3 is 5.32 Å². The Bertz CT molecular complexity index is 528. The van der Waals surface area contributed by atoms with Gasteiger partial charge >= 0.3 is 0 Å². The Balaban J connectivity index is 1.98. The highest BCUT2D eigenvalue weighted by molar-refractivity contribution is 7.10. The van der Waals surface area contributed by atoms with Crippen molar-refractivity contribution in [2.24, 2.45) is 0 Å². The van der Waals surface area contributed by atoms with E-state index in [1.165, 1.54) is 29.0 Å². The molecule has 1 unspecified atom stereocenters. The van der Waals surface area contributed by atoms with Crippen molar-refractivity contribution in [1.82, 2.24) is 10.2 Å². The topological polar surface area (TPSA) is 15.3 Å². The molecule has 3 heteroatoms. The lowest BCUT2D eigenvalue weighted by atomic mass is 9.98. The van der Waals surface area contributed by atoms with E-state index in [0.29, 0.717) is 6.04 Å². The fraction of sp³-hybridized carbons (Fsp3) is 0.412. The van der Waals surface area contributed by atoms with E-state index in [-0.39, 0.29) is 0 Å². The van der Waals surface area contributed by atoms with Gasteiger partial charge in [0.2, 0.25) is 0 Å². The van der Waals surface area contributed by atoms with Gasteiger partial charge in [-0.25, -0.2) is 0 Å². The highest BCUT2D eigenvalue weighted by atomic mass is 32.1. The van der Waals surface area contributed by atoms with Crippen molar-refractivity contribution in [3.8, 4) is 0 Å². The second kappa shape index (κ2) is 6.53. The molecular formula is C17H22N2S. The predicted octanol–water partition coefficient (Wildman–Crippen LogP) is 3.44. The Morgan fingerprint density at radius 3 is 2.80 bits per heavy atom. The molecule has 1 fully saturated rings. The summed E-state index contributed by atoms with van der Waals surface area (Å²) in [6.45, 7) is 6.75. The fourth-order valence-electron chi connectivity index (χ4n) is 3.00. The van der Waals surface area contributed by atoms with Gasteiger partial charge in [-0.05, 0) is 42.5 Å². The summed E-state index contributed by atoms with van der Waals surface area (Å²) in [6.07, 6.45) is 1.23. The van der Waals surface area contributed by atoms with Crippen LogP contribution in [0.15, 0.2) is 41.8 Å². The molecule has 1 aliphatic heterocycles. The number of nitrogens with zero attached hydrogens (tertiary/aromatic N) is 1. The SMILES string of the molecule is Cc1ccccc1C(c1cccs1)N1CCCNCC1. The summed E-state index contributed by atoms with van der Waals surface area (Å²) in [5, 5.41) is 5.70. The molecule has 1 aromatic carbocycles. The zero-order valence-electron chi connectivity index (χ0n) is 12.0. The monoisotopic (exact) mass is 286 g/mol. The van der Waals surface area contributed by atoms with Gasteiger partial charge in [0.15, 0.2) is 0 Å². The van der Waals surface area contributed by atoms with Crippen molar-refractivity contribution in [3.63, 3.8) is 0 Å². The average molecular weight is 286 g/mol. The third-order valence-corrected chi connectivity index (χ3v) is 4.96. The van der Waals surface area contributed by atoms with Crippen molar-refractivity contribution in [1.29, 1.82) is 0 Å². The maximum absolute atomic E-state index is 3.51. The molecule has 1 aromatic heterocycles. The number of benzene rings is 1. The first kappa shape index (κ1) is 13.8. The van der Waals surface area contributed by atoms with Crippen LogP contribution in [0.3, 0.4) is 0 Å². The number of thiophene rings is 1. The Morgan fingerprint density at radius 2 is 2.00 bits per heavy atom. The second-order valence-electron chi connectivity index (χ2n) is 5.41. The van der Waals surface area contributed by atoms with E-state index < -0.39 is 0 Å². The predicted molar refractivity (Wildman–Crippen MR) is 86.4 cm³/mol. The van der Waals surface area contributed by atoms with E-state index in [9.17, 15) is 0 Å². The normalized spacial score (nSPS) is 18.6. The van der Waals surface area contributed by atoms with Gasteiger partial charge in [0.25, 0.3) is 0 Å². The largest absolute Gasteiger partial charge is 0.315 e. The maximum Gasteiger partial charge on any atom is 0.0699 e. The summed E-state index contributed by atoms with van der Waals surface area (Å²) >= 11 is 1.87. The lowest BCUT2D eigenvalue weighted by molar-refractivity contribution is 0.243. The van der Waals surface area contributed by atoms with Gasteiger partial charge in [-0.1, -0.05) is 30.3 Å². The molecule has 3 rings (SSSR count). The Hall–Kier alpha value is -1.16. The molecule has 0 radical (unpaired) electrons. The van der Waals surface area contributed by atoms with Gasteiger partial charge in [0.05, 0.1) is 6.04 Å². The number of hydrogen-bond acceptors (Lipinski definition) is 3. The first-order valence-electron chi connectivity index (χ1n) is 7.40. The summed E-state index contributed by atoms with van der Waals surface area (Å²) in [5.74, 6) is 0. The zero-order valence-corrected chi connectivity index (χ0v) is 12.8. The summed E-state index contributed by atoms with van der Waals surface area (Å²) in [5.41, 5.74) is 2.85. The molecule has 2 nitrogen and oxygen atoms in total. The molecule has 0 spiro atoms. The molecule has 1 aliphatic rings. The quantitative estimate of drug-likeness (QED) is 0.930. The van der Waals surface area contributed by atoms with E-state index in [4.69, 9.17) is 0 Å². The molecule has 2 aromatic rings. The number of nitrogens with one attached hydrogen (secondary N) is 1. The van der Waals surface area contributed by atoms with Crippen molar-refractivity contribution in [3.05, 3.63) is 57.8 Å². The van der Waals surface area contributed by atoms with E-state index in [1.54, 1.807) is 0 Å². The summed E-state index contributed by atoms with van der Waals surface area (Å²) in [7, 11) is 0. The third-order valence-electron chi connectivity index (χ3n) is 4.04. The fourth-order valence-corrected chi connectivity index (χ4v) is 3.87. The molecule has 0 bridgehead atoms. The third kappa shape index (κ3) is 2.95. The van der Waals surface area contributed by atoms with E-state index in [2.05, 4.69) is 58.9 Å². The molecule has 0 saturated carbocycles. The minimum Gasteiger partial charge on any atom is -0.315 e. The van der Waals surface area contributed by atoms with Crippen molar-refractivity contribution < 1.29 is 0 Å². The van der Waals surface area contributed by atoms with Crippen LogP contribution in [0.4, 0.5) is 0 Å². The Kier molecular flexibility index (Phi) is 4.51. The van der Waals surface area contributed by atoms with Crippen LogP contribution in [0, 0.1) is 6.92 Å². The highest BCUT2D eigenvalue weighted by Gasteiger charge is 2.24. The van der Waals surface area contributed by atoms with Gasteiger partial charge in [-0.3, -0.25) is 4.90 Å². The Morgan fingerprint density at radius 1 is 1.10 bits per heavy atom. The van der Waals surface area contributed by atoms with E-state index in [1.807, 2.05) is 11.3 Å².